The van der Waals surface area contributed by atoms with Crippen LogP contribution in [-0.4, -0.2) is 23.8 Å². The van der Waals surface area contributed by atoms with Gasteiger partial charge in [0.05, 0.1) is 19.1 Å². The number of carboxylic acids is 1. The highest BCUT2D eigenvalue weighted by molar-refractivity contribution is 5.67. The molecule has 0 aliphatic carbocycles. The van der Waals surface area contributed by atoms with Crippen LogP contribution >= 0.6 is 0 Å². The molecule has 9 heavy (non-hydrogen) atoms. The maximum absolute atomic E-state index is 10.1. The molecule has 0 unspecified atom stereocenters. The van der Waals surface area contributed by atoms with Crippen molar-refractivity contribution in [2.24, 2.45) is 5.92 Å². The molecule has 1 rings (SSSR count). The summed E-state index contributed by atoms with van der Waals surface area (Å²) in [6.07, 6.45) is 0.405. The summed E-state index contributed by atoms with van der Waals surface area (Å²) in [5, 5.41) is 8.31. The van der Waals surface area contributed by atoms with Gasteiger partial charge in [0.2, 0.25) is 0 Å². The van der Waals surface area contributed by atoms with E-state index in [0.717, 1.165) is 0 Å². The first-order valence-electron chi connectivity index (χ1n) is 3.03. The second-order valence-electron chi connectivity index (χ2n) is 2.40. The van der Waals surface area contributed by atoms with Crippen molar-refractivity contribution < 1.29 is 14.6 Å². The second-order valence-corrected chi connectivity index (χ2v) is 2.40. The van der Waals surface area contributed by atoms with Crippen molar-refractivity contribution in [2.45, 2.75) is 19.4 Å². The third-order valence-corrected chi connectivity index (χ3v) is 1.67. The van der Waals surface area contributed by atoms with E-state index < -0.39 is 5.97 Å². The van der Waals surface area contributed by atoms with E-state index >= 15 is 0 Å². The summed E-state index contributed by atoms with van der Waals surface area (Å²) in [6, 6.07) is 0. The lowest BCUT2D eigenvalue weighted by molar-refractivity contribution is -0.150. The first kappa shape index (κ1) is 6.55. The van der Waals surface area contributed by atoms with E-state index in [1.54, 1.807) is 0 Å². The van der Waals surface area contributed by atoms with E-state index in [0.29, 0.717) is 6.61 Å². The van der Waals surface area contributed by atoms with Crippen LogP contribution in [0.1, 0.15) is 13.3 Å². The lowest BCUT2D eigenvalue weighted by atomic mass is 9.96. The topological polar surface area (TPSA) is 46.5 Å². The molecular formula is C6H10O3. The summed E-state index contributed by atoms with van der Waals surface area (Å²) in [5.41, 5.74) is 0. The molecule has 1 aliphatic heterocycles. The van der Waals surface area contributed by atoms with Crippen LogP contribution in [0.2, 0.25) is 0 Å². The summed E-state index contributed by atoms with van der Waals surface area (Å²) in [4.78, 5) is 10.1. The Morgan fingerprint density at radius 1 is 1.89 bits per heavy atom. The molecule has 0 saturated carbocycles. The van der Waals surface area contributed by atoms with Gasteiger partial charge >= 0.3 is 5.97 Å². The van der Waals surface area contributed by atoms with Gasteiger partial charge in [-0.05, 0) is 6.92 Å². The molecule has 1 saturated heterocycles. The summed E-state index contributed by atoms with van der Waals surface area (Å²) in [6.45, 7) is 2.52. The van der Waals surface area contributed by atoms with Gasteiger partial charge in [-0.2, -0.15) is 0 Å². The van der Waals surface area contributed by atoms with Crippen LogP contribution in [0.15, 0.2) is 0 Å². The molecule has 0 radical (unpaired) electrons. The molecule has 0 aromatic heterocycles. The zero-order valence-electron chi connectivity index (χ0n) is 5.33. The van der Waals surface area contributed by atoms with Gasteiger partial charge in [0.25, 0.3) is 0 Å². The molecule has 3 nitrogen and oxygen atoms in total. The number of carboxylic acid groups (broad SMARTS) is 1. The highest BCUT2D eigenvalue weighted by Gasteiger charge is 2.29. The third-order valence-electron chi connectivity index (χ3n) is 1.67. The quantitative estimate of drug-likeness (QED) is 0.592. The van der Waals surface area contributed by atoms with Crippen molar-refractivity contribution in [2.75, 3.05) is 6.61 Å². The zero-order chi connectivity index (χ0) is 6.85. The fraction of sp³-hybridized carbons (Fsp3) is 0.833. The molecule has 1 aliphatic rings. The van der Waals surface area contributed by atoms with Gasteiger partial charge in [-0.1, -0.05) is 0 Å². The molecule has 0 spiro atoms. The van der Waals surface area contributed by atoms with Crippen LogP contribution < -0.4 is 0 Å². The van der Waals surface area contributed by atoms with Crippen LogP contribution in [0.4, 0.5) is 0 Å². The van der Waals surface area contributed by atoms with Crippen molar-refractivity contribution in [1.82, 2.24) is 0 Å². The predicted octanol–water partition coefficient (Wildman–Crippen LogP) is 0.496. The van der Waals surface area contributed by atoms with Gasteiger partial charge in [0.15, 0.2) is 0 Å². The monoisotopic (exact) mass is 130 g/mol. The van der Waals surface area contributed by atoms with E-state index in [9.17, 15) is 4.79 Å². The molecule has 1 N–H and O–H groups in total. The molecule has 0 aromatic carbocycles. The van der Waals surface area contributed by atoms with Gasteiger partial charge in [-0.15, -0.1) is 0 Å². The van der Waals surface area contributed by atoms with Gasteiger partial charge in [0.1, 0.15) is 0 Å². The first-order valence-corrected chi connectivity index (χ1v) is 3.03. The standard InChI is InChI=1S/C6H10O3/c1-4-5(3-9-4)2-6(7)8/h4-5H,2-3H2,1H3,(H,7,8)/t4-,5-/m0/s1. The van der Waals surface area contributed by atoms with Crippen LogP contribution in [0.3, 0.4) is 0 Å². The minimum absolute atomic E-state index is 0.154. The first-order chi connectivity index (χ1) is 4.20. The summed E-state index contributed by atoms with van der Waals surface area (Å²) in [5.74, 6) is -0.474. The van der Waals surface area contributed by atoms with Crippen molar-refractivity contribution in [1.29, 1.82) is 0 Å². The molecule has 52 valence electrons. The van der Waals surface area contributed by atoms with E-state index in [2.05, 4.69) is 0 Å². The largest absolute Gasteiger partial charge is 0.481 e. The molecule has 1 heterocycles. The number of ether oxygens (including phenoxy) is 1. The average Bonchev–Trinajstić information content (AvgIpc) is 1.79. The molecule has 0 aromatic rings. The Bertz CT molecular complexity index is 121. The third kappa shape index (κ3) is 1.42. The molecule has 3 heteroatoms. The van der Waals surface area contributed by atoms with Crippen molar-refractivity contribution in [3.63, 3.8) is 0 Å². The molecule has 0 amide bonds. The van der Waals surface area contributed by atoms with Crippen molar-refractivity contribution in [3.8, 4) is 0 Å². The Kier molecular flexibility index (Phi) is 1.71. The van der Waals surface area contributed by atoms with E-state index in [1.165, 1.54) is 0 Å². The predicted molar refractivity (Wildman–Crippen MR) is 31.2 cm³/mol. The van der Waals surface area contributed by atoms with E-state index in [-0.39, 0.29) is 18.4 Å². The van der Waals surface area contributed by atoms with Gasteiger partial charge in [0, 0.05) is 5.92 Å². The maximum Gasteiger partial charge on any atom is 0.303 e. The van der Waals surface area contributed by atoms with E-state index in [1.807, 2.05) is 6.92 Å². The number of hydrogen-bond donors (Lipinski definition) is 1. The smallest absolute Gasteiger partial charge is 0.303 e. The Balaban J connectivity index is 2.21. The number of hydrogen-bond acceptors (Lipinski definition) is 2. The van der Waals surface area contributed by atoms with Crippen LogP contribution in [0.25, 0.3) is 0 Å². The summed E-state index contributed by atoms with van der Waals surface area (Å²) < 4.78 is 4.98. The molecule has 0 bridgehead atoms. The van der Waals surface area contributed by atoms with Gasteiger partial charge in [-0.3, -0.25) is 4.79 Å². The number of rotatable bonds is 2. The van der Waals surface area contributed by atoms with Crippen LogP contribution in [0, 0.1) is 5.92 Å². The lowest BCUT2D eigenvalue weighted by Crippen LogP contribution is -2.38. The molecule has 2 atom stereocenters. The summed E-state index contributed by atoms with van der Waals surface area (Å²) in [7, 11) is 0. The van der Waals surface area contributed by atoms with E-state index in [4.69, 9.17) is 9.84 Å². The zero-order valence-corrected chi connectivity index (χ0v) is 5.33. The van der Waals surface area contributed by atoms with Crippen LogP contribution in [0.5, 0.6) is 0 Å². The minimum Gasteiger partial charge on any atom is -0.481 e. The fourth-order valence-corrected chi connectivity index (χ4v) is 0.874. The van der Waals surface area contributed by atoms with Crippen molar-refractivity contribution in [3.05, 3.63) is 0 Å². The second kappa shape index (κ2) is 2.35. The molecule has 1 fully saturated rings. The Labute approximate surface area is 53.6 Å². The maximum atomic E-state index is 10.1. The minimum atomic E-state index is -0.727. The SMILES string of the molecule is C[C@@H]1OC[C@@H]1CC(=O)O. The number of carbonyl (C=O) groups is 1. The highest BCUT2D eigenvalue weighted by atomic mass is 16.5. The number of aliphatic carboxylic acids is 1. The Morgan fingerprint density at radius 3 is 2.67 bits per heavy atom. The normalized spacial score (nSPS) is 33.4. The van der Waals surface area contributed by atoms with Crippen molar-refractivity contribution >= 4 is 5.97 Å². The highest BCUT2D eigenvalue weighted by Crippen LogP contribution is 2.22. The van der Waals surface area contributed by atoms with Crippen LogP contribution in [-0.2, 0) is 9.53 Å². The molecular weight excluding hydrogens is 120 g/mol. The van der Waals surface area contributed by atoms with Gasteiger partial charge in [-0.25, -0.2) is 0 Å². The average molecular weight is 130 g/mol. The summed E-state index contributed by atoms with van der Waals surface area (Å²) >= 11 is 0. The fourth-order valence-electron chi connectivity index (χ4n) is 0.874. The lowest BCUT2D eigenvalue weighted by Gasteiger charge is -2.32. The van der Waals surface area contributed by atoms with Gasteiger partial charge < -0.3 is 9.84 Å². The Morgan fingerprint density at radius 2 is 2.56 bits per heavy atom. The Hall–Kier alpha value is -0.570.